The maximum absolute atomic E-state index is 13.3. The van der Waals surface area contributed by atoms with E-state index in [-0.39, 0.29) is 5.88 Å². The first-order chi connectivity index (χ1) is 17.6. The Bertz CT molecular complexity index is 1550. The molecular formula is C20H21N3O5S2. The van der Waals surface area contributed by atoms with Crippen molar-refractivity contribution in [3.05, 3.63) is 56.4 Å². The molecule has 0 bridgehead atoms. The summed E-state index contributed by atoms with van der Waals surface area (Å²) in [5.74, 6) is -3.01. The van der Waals surface area contributed by atoms with Gasteiger partial charge < -0.3 is 9.84 Å². The van der Waals surface area contributed by atoms with Gasteiger partial charge in [0.15, 0.2) is 5.78 Å². The average Bonchev–Trinajstić information content (AvgIpc) is 3.40. The number of Topliss-reactive ketones (excluding diaryl/α,β-unsaturated/α-hetero) is 1. The van der Waals surface area contributed by atoms with Gasteiger partial charge in [0.25, 0.3) is 15.9 Å². The maximum Gasteiger partial charge on any atom is 0.267 e. The van der Waals surface area contributed by atoms with Crippen molar-refractivity contribution >= 4 is 44.6 Å². The Morgan fingerprint density at radius 2 is 2.03 bits per heavy atom. The number of aromatic nitrogens is 1. The van der Waals surface area contributed by atoms with Crippen LogP contribution < -0.4 is 10.0 Å². The third kappa shape index (κ3) is 4.14. The van der Waals surface area contributed by atoms with Gasteiger partial charge in [-0.1, -0.05) is 11.2 Å². The first-order valence-electron chi connectivity index (χ1n) is 12.7. The first-order valence-corrected chi connectivity index (χ1v) is 10.6. The molecule has 0 spiro atoms. The molecule has 3 rings (SSSR count). The van der Waals surface area contributed by atoms with E-state index in [0.29, 0.717) is 34.7 Å². The van der Waals surface area contributed by atoms with Crippen molar-refractivity contribution in [3.8, 4) is 0 Å². The smallest absolute Gasteiger partial charge is 0.267 e. The van der Waals surface area contributed by atoms with Gasteiger partial charge in [-0.3, -0.25) is 9.59 Å². The molecule has 10 heteroatoms. The van der Waals surface area contributed by atoms with Crippen LogP contribution in [0.5, 0.6) is 0 Å². The number of benzene rings is 1. The number of rotatable bonds is 6. The highest BCUT2D eigenvalue weighted by Crippen LogP contribution is 2.29. The normalized spacial score (nSPS) is 17.1. The number of aryl methyl sites for hydroxylation is 3. The number of thiophene rings is 1. The standard InChI is InChI=1S/C20H21N3O5S2/c1-10-8-11(2)17(15(9-10)14(5)24)21-19(25)18-16(6-7-29-18)30(26,27)23-20-12(3)13(4)22-28-20/h6-9,23H,1-5H3,(H,21,25)/i1D3,2D3,5D3. The van der Waals surface area contributed by atoms with Gasteiger partial charge in [-0.15, -0.1) is 11.3 Å². The Balaban J connectivity index is 2.15. The minimum Gasteiger partial charge on any atom is -0.337 e. The second-order valence-electron chi connectivity index (χ2n) is 6.17. The predicted molar refractivity (Wildman–Crippen MR) is 115 cm³/mol. The Labute approximate surface area is 191 Å². The molecular weight excluding hydrogens is 426 g/mol. The summed E-state index contributed by atoms with van der Waals surface area (Å²) in [7, 11) is -4.44. The molecule has 2 heterocycles. The predicted octanol–water partition coefficient (Wildman–Crippen LogP) is 4.23. The van der Waals surface area contributed by atoms with E-state index < -0.39 is 74.4 Å². The summed E-state index contributed by atoms with van der Waals surface area (Å²) in [5, 5.41) is 7.05. The van der Waals surface area contributed by atoms with Gasteiger partial charge in [-0.25, -0.2) is 13.1 Å². The molecule has 0 radical (unpaired) electrons. The molecule has 158 valence electrons. The summed E-state index contributed by atoms with van der Waals surface area (Å²) in [4.78, 5) is 25.1. The molecule has 3 aromatic rings. The van der Waals surface area contributed by atoms with E-state index in [9.17, 15) is 18.0 Å². The number of carbonyl (C=O) groups is 2. The lowest BCUT2D eigenvalue weighted by molar-refractivity contribution is 0.101. The zero-order chi connectivity index (χ0) is 29.7. The van der Waals surface area contributed by atoms with Crippen LogP contribution >= 0.6 is 11.3 Å². The molecule has 30 heavy (non-hydrogen) atoms. The van der Waals surface area contributed by atoms with Crippen LogP contribution in [0.1, 0.15) is 61.6 Å². The van der Waals surface area contributed by atoms with Gasteiger partial charge >= 0.3 is 0 Å². The zero-order valence-corrected chi connectivity index (χ0v) is 17.2. The number of nitrogens with one attached hydrogen (secondary N) is 2. The van der Waals surface area contributed by atoms with Crippen molar-refractivity contribution in [1.29, 1.82) is 0 Å². The lowest BCUT2D eigenvalue weighted by Gasteiger charge is -2.14. The molecule has 1 aromatic carbocycles. The summed E-state index contributed by atoms with van der Waals surface area (Å²) in [5.41, 5.74) is -2.30. The number of anilines is 2. The highest BCUT2D eigenvalue weighted by molar-refractivity contribution is 7.93. The topological polar surface area (TPSA) is 118 Å². The zero-order valence-electron chi connectivity index (χ0n) is 24.6. The first kappa shape index (κ1) is 12.7. The van der Waals surface area contributed by atoms with E-state index in [1.54, 1.807) is 13.8 Å². The Morgan fingerprint density at radius 1 is 1.23 bits per heavy atom. The number of nitrogens with zero attached hydrogens (tertiary/aromatic N) is 1. The number of sulfonamides is 1. The summed E-state index contributed by atoms with van der Waals surface area (Å²) in [6.45, 7) is -6.23. The quantitative estimate of drug-likeness (QED) is 0.536. The maximum atomic E-state index is 13.3. The largest absolute Gasteiger partial charge is 0.337 e. The second-order valence-corrected chi connectivity index (χ2v) is 8.74. The van der Waals surface area contributed by atoms with Gasteiger partial charge in [0.05, 0.1) is 11.4 Å². The number of amides is 1. The van der Waals surface area contributed by atoms with Crippen molar-refractivity contribution in [2.45, 2.75) is 39.3 Å². The van der Waals surface area contributed by atoms with Gasteiger partial charge in [0.1, 0.15) is 9.77 Å². The summed E-state index contributed by atoms with van der Waals surface area (Å²) < 4.78 is 102. The third-order valence-corrected chi connectivity index (χ3v) is 6.55. The second kappa shape index (κ2) is 8.04. The number of hydrogen-bond acceptors (Lipinski definition) is 7. The van der Waals surface area contributed by atoms with Crippen molar-refractivity contribution in [2.75, 3.05) is 10.0 Å². The van der Waals surface area contributed by atoms with Crippen molar-refractivity contribution in [1.82, 2.24) is 5.16 Å². The van der Waals surface area contributed by atoms with E-state index in [2.05, 4.69) is 15.2 Å². The van der Waals surface area contributed by atoms with Crippen molar-refractivity contribution < 1.29 is 34.9 Å². The average molecular weight is 457 g/mol. The highest BCUT2D eigenvalue weighted by atomic mass is 32.2. The SMILES string of the molecule is [2H]C([2H])([2H])C(=O)c1cc(C([2H])([2H])[2H])cc(C([2H])([2H])[2H])c1NC(=O)c1sccc1S(=O)(=O)Nc1onc(C)c1C. The van der Waals surface area contributed by atoms with Crippen LogP contribution in [0, 0.1) is 27.6 Å². The molecule has 1 amide bonds. The van der Waals surface area contributed by atoms with Crippen LogP contribution in [-0.4, -0.2) is 25.3 Å². The molecule has 2 N–H and O–H groups in total. The fourth-order valence-electron chi connectivity index (χ4n) is 2.49. The molecule has 0 aliphatic carbocycles. The van der Waals surface area contributed by atoms with Crippen LogP contribution in [0.4, 0.5) is 11.6 Å². The molecule has 0 saturated heterocycles. The van der Waals surface area contributed by atoms with Crippen LogP contribution in [0.15, 0.2) is 33.0 Å². The van der Waals surface area contributed by atoms with Gasteiger partial charge in [-0.2, -0.15) is 0 Å². The molecule has 2 aromatic heterocycles. The van der Waals surface area contributed by atoms with E-state index in [1.165, 1.54) is 5.38 Å². The Morgan fingerprint density at radius 3 is 2.67 bits per heavy atom. The lowest BCUT2D eigenvalue weighted by Crippen LogP contribution is -2.20. The van der Waals surface area contributed by atoms with E-state index in [4.69, 9.17) is 16.9 Å². The van der Waals surface area contributed by atoms with Crippen molar-refractivity contribution in [2.24, 2.45) is 0 Å². The number of hydrogen-bond donors (Lipinski definition) is 2. The van der Waals surface area contributed by atoms with Crippen molar-refractivity contribution in [3.63, 3.8) is 0 Å². The lowest BCUT2D eigenvalue weighted by atomic mass is 10.0. The number of ketones is 1. The van der Waals surface area contributed by atoms with Crippen LogP contribution in [-0.2, 0) is 10.0 Å². The van der Waals surface area contributed by atoms with E-state index >= 15 is 0 Å². The third-order valence-electron chi connectivity index (χ3n) is 4.13. The van der Waals surface area contributed by atoms with Gasteiger partial charge in [-0.05, 0) is 63.0 Å². The van der Waals surface area contributed by atoms with Crippen LogP contribution in [0.2, 0.25) is 0 Å². The molecule has 0 unspecified atom stereocenters. The fourth-order valence-corrected chi connectivity index (χ4v) is 4.86. The van der Waals surface area contributed by atoms with E-state index in [0.717, 1.165) is 6.07 Å². The van der Waals surface area contributed by atoms with Gasteiger partial charge in [0, 0.05) is 23.5 Å². The van der Waals surface area contributed by atoms with Crippen LogP contribution in [0.25, 0.3) is 0 Å². The molecule has 0 saturated carbocycles. The summed E-state index contributed by atoms with van der Waals surface area (Å²) >= 11 is 0.660. The monoisotopic (exact) mass is 456 g/mol. The number of carbonyl (C=O) groups excluding carboxylic acids is 2. The summed E-state index contributed by atoms with van der Waals surface area (Å²) in [6, 6.07) is 2.49. The fraction of sp³-hybridized carbons (Fsp3) is 0.250. The molecule has 0 fully saturated rings. The summed E-state index contributed by atoms with van der Waals surface area (Å²) in [6.07, 6.45) is 0. The Kier molecular flexibility index (Phi) is 3.39. The van der Waals surface area contributed by atoms with Gasteiger partial charge in [0.2, 0.25) is 5.88 Å². The molecule has 0 aliphatic heterocycles. The Hall–Kier alpha value is -2.98. The molecule has 0 atom stereocenters. The van der Waals surface area contributed by atoms with E-state index in [1.807, 2.05) is 0 Å². The minimum atomic E-state index is -4.44. The highest BCUT2D eigenvalue weighted by Gasteiger charge is 2.27. The van der Waals surface area contributed by atoms with Crippen LogP contribution in [0.3, 0.4) is 0 Å². The molecule has 0 aliphatic rings. The molecule has 8 nitrogen and oxygen atoms in total. The minimum absolute atomic E-state index is 0.194.